The molecular weight excluding hydrogens is 404 g/mol. The number of ketones is 1. The summed E-state index contributed by atoms with van der Waals surface area (Å²) >= 11 is 1.38. The molecule has 4 rings (SSSR count). The molecule has 30 heavy (non-hydrogen) atoms. The van der Waals surface area contributed by atoms with Gasteiger partial charge in [0, 0.05) is 23.7 Å². The molecule has 3 aromatic rings. The lowest BCUT2D eigenvalue weighted by molar-refractivity contribution is 0.0952. The first kappa shape index (κ1) is 19.7. The van der Waals surface area contributed by atoms with Gasteiger partial charge in [-0.05, 0) is 42.1 Å². The fraction of sp³-hybridized carbons (Fsp3) is 0.136. The van der Waals surface area contributed by atoms with E-state index in [1.54, 1.807) is 42.5 Å². The quantitative estimate of drug-likeness (QED) is 0.589. The van der Waals surface area contributed by atoms with E-state index in [0.29, 0.717) is 39.7 Å². The maximum absolute atomic E-state index is 12.7. The zero-order valence-corrected chi connectivity index (χ0v) is 16.9. The van der Waals surface area contributed by atoms with Crippen LogP contribution >= 0.6 is 11.3 Å². The second-order valence-electron chi connectivity index (χ2n) is 6.62. The fourth-order valence-corrected chi connectivity index (χ4v) is 3.62. The maximum Gasteiger partial charge on any atom is 0.261 e. The van der Waals surface area contributed by atoms with Crippen molar-refractivity contribution in [2.45, 2.75) is 13.5 Å². The highest BCUT2D eigenvalue weighted by Crippen LogP contribution is 2.37. The number of rotatable bonds is 6. The van der Waals surface area contributed by atoms with Crippen molar-refractivity contribution in [2.75, 3.05) is 12.1 Å². The fourth-order valence-electron chi connectivity index (χ4n) is 2.98. The smallest absolute Gasteiger partial charge is 0.261 e. The summed E-state index contributed by atoms with van der Waals surface area (Å²) in [6.45, 7) is 1.86. The molecule has 0 fully saturated rings. The molecule has 0 saturated carbocycles. The van der Waals surface area contributed by atoms with E-state index < -0.39 is 0 Å². The van der Waals surface area contributed by atoms with E-state index in [-0.39, 0.29) is 24.4 Å². The second-order valence-corrected chi connectivity index (χ2v) is 7.57. The topological polar surface area (TPSA) is 93.7 Å². The van der Waals surface area contributed by atoms with Crippen LogP contribution in [0, 0.1) is 0 Å². The summed E-state index contributed by atoms with van der Waals surface area (Å²) < 4.78 is 10.6. The van der Waals surface area contributed by atoms with Crippen LogP contribution in [0.1, 0.15) is 42.9 Å². The number of anilines is 1. The molecule has 1 aromatic heterocycles. The Hall–Kier alpha value is -3.65. The molecule has 2 aromatic carbocycles. The summed E-state index contributed by atoms with van der Waals surface area (Å²) in [7, 11) is 0. The van der Waals surface area contributed by atoms with E-state index in [1.165, 1.54) is 18.3 Å². The summed E-state index contributed by atoms with van der Waals surface area (Å²) in [6, 6.07) is 13.6. The van der Waals surface area contributed by atoms with Crippen LogP contribution in [0.5, 0.6) is 11.5 Å². The Bertz CT molecular complexity index is 1110. The Morgan fingerprint density at radius 1 is 1.00 bits per heavy atom. The Labute approximate surface area is 176 Å². The van der Waals surface area contributed by atoms with Crippen LogP contribution in [0.4, 0.5) is 5.69 Å². The number of benzene rings is 2. The standard InChI is InChI=1S/C22H18N2O5S/c1-13(25)16-9-18-19(29-12-28-18)10-17(16)24-21(26)15-6-4-14(5-7-15)11-23-22(27)20-3-2-8-30-20/h2-10H,11-12H2,1H3,(H,23,27)(H,24,26). The normalized spacial score (nSPS) is 11.8. The van der Waals surface area contributed by atoms with Crippen LogP contribution in [0.25, 0.3) is 0 Å². The number of thiophene rings is 1. The number of fused-ring (bicyclic) bond motifs is 1. The van der Waals surface area contributed by atoms with Crippen molar-refractivity contribution in [2.24, 2.45) is 0 Å². The first-order valence-corrected chi connectivity index (χ1v) is 10.1. The summed E-state index contributed by atoms with van der Waals surface area (Å²) in [5, 5.41) is 7.45. The molecule has 2 amide bonds. The molecule has 152 valence electrons. The van der Waals surface area contributed by atoms with Crippen LogP contribution in [0.2, 0.25) is 0 Å². The number of ether oxygens (including phenoxy) is 2. The van der Waals surface area contributed by atoms with E-state index in [2.05, 4.69) is 10.6 Å². The van der Waals surface area contributed by atoms with E-state index >= 15 is 0 Å². The van der Waals surface area contributed by atoms with Gasteiger partial charge in [0.1, 0.15) is 0 Å². The lowest BCUT2D eigenvalue weighted by Gasteiger charge is -2.11. The van der Waals surface area contributed by atoms with Gasteiger partial charge in [-0.3, -0.25) is 14.4 Å². The van der Waals surface area contributed by atoms with Crippen LogP contribution in [0.15, 0.2) is 53.9 Å². The molecular formula is C22H18N2O5S. The summed E-state index contributed by atoms with van der Waals surface area (Å²) in [6.07, 6.45) is 0. The molecule has 2 heterocycles. The Kier molecular flexibility index (Phi) is 5.49. The minimum absolute atomic E-state index is 0.0779. The van der Waals surface area contributed by atoms with Crippen molar-refractivity contribution in [1.82, 2.24) is 5.32 Å². The van der Waals surface area contributed by atoms with Crippen LogP contribution in [-0.2, 0) is 6.54 Å². The number of Topliss-reactive ketones (excluding diaryl/α,β-unsaturated/α-hetero) is 1. The number of amides is 2. The van der Waals surface area contributed by atoms with Crippen LogP contribution in [-0.4, -0.2) is 24.4 Å². The molecule has 0 bridgehead atoms. The first-order valence-electron chi connectivity index (χ1n) is 9.18. The molecule has 0 spiro atoms. The lowest BCUT2D eigenvalue weighted by atomic mass is 10.1. The van der Waals surface area contributed by atoms with E-state index in [1.807, 2.05) is 11.4 Å². The van der Waals surface area contributed by atoms with E-state index in [9.17, 15) is 14.4 Å². The predicted molar refractivity (Wildman–Crippen MR) is 112 cm³/mol. The van der Waals surface area contributed by atoms with Gasteiger partial charge in [0.05, 0.1) is 10.6 Å². The largest absolute Gasteiger partial charge is 0.454 e. The molecule has 0 atom stereocenters. The van der Waals surface area contributed by atoms with Gasteiger partial charge in [-0.1, -0.05) is 18.2 Å². The third-order valence-electron chi connectivity index (χ3n) is 4.55. The molecule has 0 aliphatic carbocycles. The van der Waals surface area contributed by atoms with Crippen molar-refractivity contribution in [1.29, 1.82) is 0 Å². The molecule has 1 aliphatic rings. The summed E-state index contributed by atoms with van der Waals surface area (Å²) in [5.41, 5.74) is 2.00. The van der Waals surface area contributed by atoms with Gasteiger partial charge in [0.15, 0.2) is 17.3 Å². The van der Waals surface area contributed by atoms with Gasteiger partial charge in [0.25, 0.3) is 11.8 Å². The number of carbonyl (C=O) groups excluding carboxylic acids is 3. The summed E-state index contributed by atoms with van der Waals surface area (Å²) in [4.78, 5) is 37.3. The average molecular weight is 422 g/mol. The van der Waals surface area contributed by atoms with Crippen molar-refractivity contribution in [3.05, 3.63) is 75.5 Å². The lowest BCUT2D eigenvalue weighted by Crippen LogP contribution is -2.21. The van der Waals surface area contributed by atoms with E-state index in [4.69, 9.17) is 9.47 Å². The van der Waals surface area contributed by atoms with Crippen LogP contribution in [0.3, 0.4) is 0 Å². The Morgan fingerprint density at radius 2 is 1.73 bits per heavy atom. The maximum atomic E-state index is 12.7. The molecule has 0 unspecified atom stereocenters. The molecule has 8 heteroatoms. The number of carbonyl (C=O) groups is 3. The third kappa shape index (κ3) is 4.18. The van der Waals surface area contributed by atoms with Crippen molar-refractivity contribution in [3.63, 3.8) is 0 Å². The second kappa shape index (κ2) is 8.38. The molecule has 7 nitrogen and oxygen atoms in total. The van der Waals surface area contributed by atoms with Gasteiger partial charge >= 0.3 is 0 Å². The average Bonchev–Trinajstić information content (AvgIpc) is 3.43. The van der Waals surface area contributed by atoms with Gasteiger partial charge in [-0.2, -0.15) is 0 Å². The highest BCUT2D eigenvalue weighted by atomic mass is 32.1. The van der Waals surface area contributed by atoms with Gasteiger partial charge in [0.2, 0.25) is 6.79 Å². The number of hydrogen-bond donors (Lipinski definition) is 2. The molecule has 0 saturated heterocycles. The van der Waals surface area contributed by atoms with Crippen molar-refractivity contribution < 1.29 is 23.9 Å². The van der Waals surface area contributed by atoms with Crippen molar-refractivity contribution in [3.8, 4) is 11.5 Å². The summed E-state index contributed by atoms with van der Waals surface area (Å²) in [5.74, 6) is 0.275. The number of nitrogens with one attached hydrogen (secondary N) is 2. The SMILES string of the molecule is CC(=O)c1cc2c(cc1NC(=O)c1ccc(CNC(=O)c3cccs3)cc1)OCO2. The first-order chi connectivity index (χ1) is 14.5. The van der Waals surface area contributed by atoms with Crippen LogP contribution < -0.4 is 20.1 Å². The van der Waals surface area contributed by atoms with Gasteiger partial charge < -0.3 is 20.1 Å². The monoisotopic (exact) mass is 422 g/mol. The molecule has 1 aliphatic heterocycles. The van der Waals surface area contributed by atoms with Crippen molar-refractivity contribution >= 4 is 34.6 Å². The molecule has 2 N–H and O–H groups in total. The zero-order valence-electron chi connectivity index (χ0n) is 16.1. The predicted octanol–water partition coefficient (Wildman–Crippen LogP) is 3.86. The van der Waals surface area contributed by atoms with E-state index in [0.717, 1.165) is 5.56 Å². The minimum Gasteiger partial charge on any atom is -0.454 e. The zero-order chi connectivity index (χ0) is 21.1. The molecule has 0 radical (unpaired) electrons. The number of hydrogen-bond acceptors (Lipinski definition) is 6. The highest BCUT2D eigenvalue weighted by Gasteiger charge is 2.20. The third-order valence-corrected chi connectivity index (χ3v) is 5.42. The Balaban J connectivity index is 1.43. The van der Waals surface area contributed by atoms with Gasteiger partial charge in [-0.15, -0.1) is 11.3 Å². The minimum atomic E-state index is -0.356. The Morgan fingerprint density at radius 3 is 2.40 bits per heavy atom. The van der Waals surface area contributed by atoms with Gasteiger partial charge in [-0.25, -0.2) is 0 Å². The highest BCUT2D eigenvalue weighted by molar-refractivity contribution is 7.12.